The number of nitrogens with one attached hydrogen (secondary N) is 1. The molecule has 0 unspecified atom stereocenters. The van der Waals surface area contributed by atoms with Gasteiger partial charge in [-0.1, -0.05) is 24.3 Å². The average molecular weight is 378 g/mol. The zero-order chi connectivity index (χ0) is 18.8. The number of hydrogen-bond acceptors (Lipinski definition) is 5. The number of aromatic nitrogens is 2. The summed E-state index contributed by atoms with van der Waals surface area (Å²) >= 11 is 1.58. The van der Waals surface area contributed by atoms with Gasteiger partial charge in [0.1, 0.15) is 0 Å². The van der Waals surface area contributed by atoms with E-state index in [0.29, 0.717) is 11.3 Å². The predicted molar refractivity (Wildman–Crippen MR) is 104 cm³/mol. The van der Waals surface area contributed by atoms with Gasteiger partial charge in [0.05, 0.1) is 17.0 Å². The zero-order valence-electron chi connectivity index (χ0n) is 14.0. The van der Waals surface area contributed by atoms with Crippen LogP contribution in [-0.2, 0) is 11.2 Å². The summed E-state index contributed by atoms with van der Waals surface area (Å²) in [6, 6.07) is 13.4. The van der Waals surface area contributed by atoms with Gasteiger partial charge in [0, 0.05) is 41.2 Å². The molecule has 0 aliphatic heterocycles. The van der Waals surface area contributed by atoms with Crippen LogP contribution in [0.15, 0.2) is 66.3 Å². The molecule has 0 radical (unpaired) electrons. The van der Waals surface area contributed by atoms with Crippen LogP contribution in [0, 0.1) is 10.1 Å². The maximum absolute atomic E-state index is 12.2. The van der Waals surface area contributed by atoms with Gasteiger partial charge in [-0.25, -0.2) is 4.98 Å². The van der Waals surface area contributed by atoms with Crippen LogP contribution in [-0.4, -0.2) is 20.2 Å². The van der Waals surface area contributed by atoms with Gasteiger partial charge in [-0.05, 0) is 17.7 Å². The normalized spacial score (nSPS) is 10.8. The molecule has 1 N–H and O–H groups in total. The Hall–Kier alpha value is -3.52. The van der Waals surface area contributed by atoms with Gasteiger partial charge in [-0.2, -0.15) is 0 Å². The minimum atomic E-state index is -0.463. The van der Waals surface area contributed by atoms with E-state index < -0.39 is 4.92 Å². The van der Waals surface area contributed by atoms with Gasteiger partial charge >= 0.3 is 0 Å². The highest BCUT2D eigenvalue weighted by molar-refractivity contribution is 7.15. The number of non-ortho nitro benzene ring substituents is 1. The Morgan fingerprint density at radius 3 is 2.56 bits per heavy atom. The molecule has 0 aliphatic rings. The number of nitro groups is 1. The third-order valence-electron chi connectivity index (χ3n) is 4.07. The summed E-state index contributed by atoms with van der Waals surface area (Å²) in [7, 11) is 0. The molecular formula is C19H14N4O3S. The first-order chi connectivity index (χ1) is 13.1. The molecular weight excluding hydrogens is 364 g/mol. The number of hydrogen-bond donors (Lipinski definition) is 1. The molecule has 7 nitrogen and oxygen atoms in total. The van der Waals surface area contributed by atoms with E-state index in [4.69, 9.17) is 0 Å². The van der Waals surface area contributed by atoms with Crippen molar-refractivity contribution in [3.05, 3.63) is 82.0 Å². The first-order valence-electron chi connectivity index (χ1n) is 8.14. The molecule has 0 saturated heterocycles. The number of benzene rings is 2. The van der Waals surface area contributed by atoms with Gasteiger partial charge in [-0.3, -0.25) is 19.3 Å². The van der Waals surface area contributed by atoms with Crippen molar-refractivity contribution in [3.63, 3.8) is 0 Å². The Morgan fingerprint density at radius 1 is 1.15 bits per heavy atom. The molecule has 0 aliphatic carbocycles. The van der Waals surface area contributed by atoms with Crippen molar-refractivity contribution in [2.45, 2.75) is 6.42 Å². The summed E-state index contributed by atoms with van der Waals surface area (Å²) in [5.41, 5.74) is 3.26. The maximum atomic E-state index is 12.2. The summed E-state index contributed by atoms with van der Waals surface area (Å²) in [5.74, 6) is -0.181. The lowest BCUT2D eigenvalue weighted by Gasteiger charge is -2.06. The van der Waals surface area contributed by atoms with Crippen LogP contribution in [0.4, 0.5) is 11.4 Å². The van der Waals surface area contributed by atoms with Crippen molar-refractivity contribution in [3.8, 4) is 11.3 Å². The first kappa shape index (κ1) is 16.9. The van der Waals surface area contributed by atoms with Crippen LogP contribution in [0.1, 0.15) is 5.56 Å². The Labute approximate surface area is 158 Å². The Kier molecular flexibility index (Phi) is 4.39. The van der Waals surface area contributed by atoms with Crippen LogP contribution in [0.25, 0.3) is 16.2 Å². The fraction of sp³-hybridized carbons (Fsp3) is 0.0526. The number of imidazole rings is 1. The van der Waals surface area contributed by atoms with Crippen LogP contribution >= 0.6 is 11.3 Å². The third-order valence-corrected chi connectivity index (χ3v) is 4.84. The highest BCUT2D eigenvalue weighted by atomic mass is 32.1. The molecule has 0 atom stereocenters. The van der Waals surface area contributed by atoms with E-state index >= 15 is 0 Å². The van der Waals surface area contributed by atoms with E-state index in [2.05, 4.69) is 10.3 Å². The maximum Gasteiger partial charge on any atom is 0.269 e. The second-order valence-corrected chi connectivity index (χ2v) is 6.82. The average Bonchev–Trinajstić information content (AvgIpc) is 3.25. The van der Waals surface area contributed by atoms with E-state index in [1.165, 1.54) is 12.1 Å². The molecule has 0 fully saturated rings. The SMILES string of the molecule is O=C(Cc1ccc([N+](=O)[O-])cc1)Nc1ccc(-c2cn3ccsc3n2)cc1. The number of anilines is 1. The molecule has 2 aromatic heterocycles. The molecule has 0 saturated carbocycles. The molecule has 1 amide bonds. The highest BCUT2D eigenvalue weighted by Crippen LogP contribution is 2.23. The zero-order valence-corrected chi connectivity index (χ0v) is 14.8. The number of fused-ring (bicyclic) bond motifs is 1. The number of amides is 1. The Morgan fingerprint density at radius 2 is 1.89 bits per heavy atom. The van der Waals surface area contributed by atoms with Crippen LogP contribution in [0.5, 0.6) is 0 Å². The van der Waals surface area contributed by atoms with Crippen molar-refractivity contribution in [2.75, 3.05) is 5.32 Å². The van der Waals surface area contributed by atoms with Crippen molar-refractivity contribution >= 4 is 33.6 Å². The van der Waals surface area contributed by atoms with E-state index in [0.717, 1.165) is 16.2 Å². The quantitative estimate of drug-likeness (QED) is 0.417. The Bertz CT molecular complexity index is 1090. The van der Waals surface area contributed by atoms with Crippen molar-refractivity contribution in [1.82, 2.24) is 9.38 Å². The second kappa shape index (κ2) is 7.00. The van der Waals surface area contributed by atoms with Crippen molar-refractivity contribution in [1.29, 1.82) is 0 Å². The number of rotatable bonds is 5. The van der Waals surface area contributed by atoms with E-state index in [9.17, 15) is 14.9 Å². The first-order valence-corrected chi connectivity index (χ1v) is 9.02. The second-order valence-electron chi connectivity index (χ2n) is 5.94. The molecule has 2 aromatic carbocycles. The van der Waals surface area contributed by atoms with E-state index in [1.807, 2.05) is 46.4 Å². The smallest absolute Gasteiger partial charge is 0.269 e. The van der Waals surface area contributed by atoms with Crippen LogP contribution in [0.3, 0.4) is 0 Å². The topological polar surface area (TPSA) is 89.5 Å². The Balaban J connectivity index is 1.41. The largest absolute Gasteiger partial charge is 0.326 e. The van der Waals surface area contributed by atoms with E-state index in [-0.39, 0.29) is 18.0 Å². The van der Waals surface area contributed by atoms with Crippen molar-refractivity contribution in [2.24, 2.45) is 0 Å². The van der Waals surface area contributed by atoms with Crippen molar-refractivity contribution < 1.29 is 9.72 Å². The van der Waals surface area contributed by atoms with Gasteiger partial charge in [0.15, 0.2) is 4.96 Å². The fourth-order valence-corrected chi connectivity index (χ4v) is 3.42. The standard InChI is InChI=1S/C19H14N4O3S/c24-18(11-13-1-7-16(8-2-13)23(25)26)20-15-5-3-14(4-6-15)17-12-22-9-10-27-19(22)21-17/h1-10,12H,11H2,(H,20,24). The van der Waals surface area contributed by atoms with Gasteiger partial charge in [0.2, 0.25) is 5.91 Å². The summed E-state index contributed by atoms with van der Waals surface area (Å²) in [6.07, 6.45) is 4.08. The third kappa shape index (κ3) is 3.70. The van der Waals surface area contributed by atoms with Gasteiger partial charge in [-0.15, -0.1) is 11.3 Å². The number of carbonyl (C=O) groups is 1. The number of nitrogens with zero attached hydrogens (tertiary/aromatic N) is 3. The predicted octanol–water partition coefficient (Wildman–Crippen LogP) is 4.15. The molecule has 4 aromatic rings. The van der Waals surface area contributed by atoms with Crippen LogP contribution in [0.2, 0.25) is 0 Å². The number of nitro benzene ring substituents is 1. The van der Waals surface area contributed by atoms with E-state index in [1.54, 1.807) is 23.5 Å². The summed E-state index contributed by atoms with van der Waals surface area (Å²) in [4.78, 5) is 27.9. The molecule has 0 bridgehead atoms. The molecule has 8 heteroatoms. The number of thiazole rings is 1. The summed E-state index contributed by atoms with van der Waals surface area (Å²) in [6.45, 7) is 0. The lowest BCUT2D eigenvalue weighted by Crippen LogP contribution is -2.14. The molecule has 134 valence electrons. The minimum Gasteiger partial charge on any atom is -0.326 e. The fourth-order valence-electron chi connectivity index (χ4n) is 2.72. The molecule has 2 heterocycles. The number of carbonyl (C=O) groups excluding carboxylic acids is 1. The highest BCUT2D eigenvalue weighted by Gasteiger charge is 2.09. The monoisotopic (exact) mass is 378 g/mol. The molecule has 27 heavy (non-hydrogen) atoms. The summed E-state index contributed by atoms with van der Waals surface area (Å²) in [5, 5.41) is 15.5. The van der Waals surface area contributed by atoms with Gasteiger partial charge in [0.25, 0.3) is 5.69 Å². The lowest BCUT2D eigenvalue weighted by atomic mass is 10.1. The molecule has 0 spiro atoms. The summed E-state index contributed by atoms with van der Waals surface area (Å²) < 4.78 is 1.97. The van der Waals surface area contributed by atoms with Gasteiger partial charge < -0.3 is 5.32 Å². The molecule has 4 rings (SSSR count). The van der Waals surface area contributed by atoms with Crippen LogP contribution < -0.4 is 5.32 Å². The lowest BCUT2D eigenvalue weighted by molar-refractivity contribution is -0.384. The minimum absolute atomic E-state index is 0.00824.